The van der Waals surface area contributed by atoms with Crippen LogP contribution < -0.4 is 17.2 Å². The van der Waals surface area contributed by atoms with E-state index in [1.165, 1.54) is 0 Å². The average molecular weight is 187 g/mol. The van der Waals surface area contributed by atoms with E-state index in [0.717, 1.165) is 0 Å². The molecule has 0 aromatic rings. The third-order valence-electron chi connectivity index (χ3n) is 1.67. The van der Waals surface area contributed by atoms with Gasteiger partial charge in [0.25, 0.3) is 0 Å². The molecule has 0 rings (SSSR count). The summed E-state index contributed by atoms with van der Waals surface area (Å²) in [7, 11) is 0. The van der Waals surface area contributed by atoms with E-state index >= 15 is 0 Å². The topological polar surface area (TPSA) is 123 Å². The van der Waals surface area contributed by atoms with E-state index < -0.39 is 11.6 Å². The summed E-state index contributed by atoms with van der Waals surface area (Å²) in [6.45, 7) is 5.08. The maximum atomic E-state index is 9.29. The summed E-state index contributed by atoms with van der Waals surface area (Å²) in [4.78, 5) is 7.48. The molecule has 6 nitrogen and oxygen atoms in total. The Morgan fingerprint density at radius 1 is 1.31 bits per heavy atom. The largest absolute Gasteiger partial charge is 0.391 e. The van der Waals surface area contributed by atoms with Gasteiger partial charge in [0.05, 0.1) is 11.6 Å². The molecular formula is C7H17N5O. The van der Waals surface area contributed by atoms with Crippen molar-refractivity contribution in [2.24, 2.45) is 27.2 Å². The molecule has 0 bridgehead atoms. The van der Waals surface area contributed by atoms with Gasteiger partial charge in [-0.1, -0.05) is 0 Å². The van der Waals surface area contributed by atoms with Crippen LogP contribution in [0.3, 0.4) is 0 Å². The zero-order valence-electron chi connectivity index (χ0n) is 8.15. The van der Waals surface area contributed by atoms with Crippen LogP contribution in [0, 0.1) is 0 Å². The van der Waals surface area contributed by atoms with Gasteiger partial charge in [-0.3, -0.25) is 0 Å². The third-order valence-corrected chi connectivity index (χ3v) is 1.67. The fourth-order valence-corrected chi connectivity index (χ4v) is 0.546. The molecule has 0 aliphatic rings. The van der Waals surface area contributed by atoms with Gasteiger partial charge in [0.15, 0.2) is 5.96 Å². The first-order chi connectivity index (χ1) is 5.75. The van der Waals surface area contributed by atoms with Crippen LogP contribution >= 0.6 is 0 Å². The molecule has 76 valence electrons. The Labute approximate surface area is 77.5 Å². The molecule has 7 N–H and O–H groups in total. The van der Waals surface area contributed by atoms with Crippen molar-refractivity contribution in [1.82, 2.24) is 0 Å². The first-order valence-corrected chi connectivity index (χ1v) is 3.88. The molecular weight excluding hydrogens is 170 g/mol. The maximum Gasteiger partial charge on any atom is 0.219 e. The van der Waals surface area contributed by atoms with Crippen LogP contribution in [-0.4, -0.2) is 28.7 Å². The van der Waals surface area contributed by atoms with Crippen molar-refractivity contribution in [1.29, 1.82) is 0 Å². The van der Waals surface area contributed by atoms with Crippen molar-refractivity contribution in [3.8, 4) is 0 Å². The number of aliphatic hydroxyl groups is 1. The summed E-state index contributed by atoms with van der Waals surface area (Å²) in [5.74, 6) is -0.187. The molecule has 0 aliphatic carbocycles. The highest BCUT2D eigenvalue weighted by atomic mass is 16.3. The first-order valence-electron chi connectivity index (χ1n) is 3.88. The number of guanidine groups is 2. The lowest BCUT2D eigenvalue weighted by atomic mass is 10.0. The molecule has 0 saturated heterocycles. The lowest BCUT2D eigenvalue weighted by Gasteiger charge is -2.22. The fraction of sp³-hybridized carbons (Fsp3) is 0.714. The summed E-state index contributed by atoms with van der Waals surface area (Å²) in [5, 5.41) is 9.29. The Balaban J connectivity index is 4.65. The van der Waals surface area contributed by atoms with E-state index in [1.54, 1.807) is 20.8 Å². The molecule has 0 aliphatic heterocycles. The summed E-state index contributed by atoms with van der Waals surface area (Å²) < 4.78 is 0. The van der Waals surface area contributed by atoms with Gasteiger partial charge in [0, 0.05) is 0 Å². The van der Waals surface area contributed by atoms with E-state index in [-0.39, 0.29) is 11.9 Å². The number of nitrogens with zero attached hydrogens (tertiary/aromatic N) is 2. The Hall–Kier alpha value is -1.30. The summed E-state index contributed by atoms with van der Waals surface area (Å²) in [5.41, 5.74) is 14.9. The lowest BCUT2D eigenvalue weighted by Crippen LogP contribution is -2.35. The normalized spacial score (nSPS) is 15.2. The molecule has 0 aromatic carbocycles. The van der Waals surface area contributed by atoms with Crippen molar-refractivity contribution in [3.63, 3.8) is 0 Å². The second-order valence-electron chi connectivity index (χ2n) is 3.34. The van der Waals surface area contributed by atoms with Crippen LogP contribution in [0.15, 0.2) is 9.98 Å². The van der Waals surface area contributed by atoms with Gasteiger partial charge in [-0.05, 0) is 20.8 Å². The number of hydrogen-bond acceptors (Lipinski definition) is 2. The molecule has 0 spiro atoms. The zero-order valence-corrected chi connectivity index (χ0v) is 8.15. The molecule has 1 atom stereocenters. The molecule has 13 heavy (non-hydrogen) atoms. The highest BCUT2D eigenvalue weighted by Gasteiger charge is 2.23. The van der Waals surface area contributed by atoms with E-state index in [4.69, 9.17) is 17.2 Å². The second kappa shape index (κ2) is 4.08. The maximum absolute atomic E-state index is 9.29. The average Bonchev–Trinajstić information content (AvgIpc) is 1.82. The first kappa shape index (κ1) is 11.7. The molecule has 0 saturated carbocycles. The van der Waals surface area contributed by atoms with Gasteiger partial charge in [-0.25, -0.2) is 4.99 Å². The van der Waals surface area contributed by atoms with Crippen molar-refractivity contribution < 1.29 is 5.11 Å². The molecule has 0 aromatic heterocycles. The highest BCUT2D eigenvalue weighted by molar-refractivity contribution is 5.92. The fourth-order valence-electron chi connectivity index (χ4n) is 0.546. The summed E-state index contributed by atoms with van der Waals surface area (Å²) >= 11 is 0. The highest BCUT2D eigenvalue weighted by Crippen LogP contribution is 2.13. The summed E-state index contributed by atoms with van der Waals surface area (Å²) in [6, 6.07) is 0. The van der Waals surface area contributed by atoms with Crippen LogP contribution in [-0.2, 0) is 0 Å². The molecule has 0 heterocycles. The van der Waals surface area contributed by atoms with Crippen LogP contribution in [0.5, 0.6) is 0 Å². The van der Waals surface area contributed by atoms with Crippen LogP contribution in [0.4, 0.5) is 0 Å². The minimum atomic E-state index is -0.691. The van der Waals surface area contributed by atoms with E-state index in [0.29, 0.717) is 0 Å². The standard InChI is InChI=1S/C7H17N5O/c1-4(13)7(2,3)12-6(10)11-5(8)9/h4,13H,1-3H3,(H6,8,9,10,11,12). The number of aliphatic hydroxyl groups excluding tert-OH is 1. The predicted octanol–water partition coefficient (Wildman–Crippen LogP) is -1.27. The zero-order chi connectivity index (χ0) is 10.6. The van der Waals surface area contributed by atoms with Crippen molar-refractivity contribution in [2.45, 2.75) is 32.4 Å². The summed E-state index contributed by atoms with van der Waals surface area (Å²) in [6.07, 6.45) is -0.625. The van der Waals surface area contributed by atoms with Crippen molar-refractivity contribution in [3.05, 3.63) is 0 Å². The van der Waals surface area contributed by atoms with E-state index in [9.17, 15) is 5.11 Å². The molecule has 0 amide bonds. The van der Waals surface area contributed by atoms with E-state index in [1.807, 2.05) is 0 Å². The number of aliphatic imine (C=N–C) groups is 2. The number of nitrogens with two attached hydrogens (primary N) is 3. The second-order valence-corrected chi connectivity index (χ2v) is 3.34. The Kier molecular flexibility index (Phi) is 3.68. The van der Waals surface area contributed by atoms with Gasteiger partial charge < -0.3 is 22.3 Å². The van der Waals surface area contributed by atoms with Gasteiger partial charge in [-0.15, -0.1) is 0 Å². The third kappa shape index (κ3) is 4.32. The minimum Gasteiger partial charge on any atom is -0.391 e. The monoisotopic (exact) mass is 187 g/mol. The number of hydrogen-bond donors (Lipinski definition) is 4. The Morgan fingerprint density at radius 2 is 1.77 bits per heavy atom. The number of rotatable bonds is 2. The van der Waals surface area contributed by atoms with Crippen LogP contribution in [0.25, 0.3) is 0 Å². The van der Waals surface area contributed by atoms with Crippen molar-refractivity contribution in [2.75, 3.05) is 0 Å². The Morgan fingerprint density at radius 3 is 2.08 bits per heavy atom. The SMILES string of the molecule is CC(O)C(C)(C)N=C(N)N=C(N)N. The quantitative estimate of drug-likeness (QED) is 0.318. The van der Waals surface area contributed by atoms with Crippen LogP contribution in [0.2, 0.25) is 0 Å². The Bertz CT molecular complexity index is 227. The van der Waals surface area contributed by atoms with Crippen molar-refractivity contribution >= 4 is 11.9 Å². The van der Waals surface area contributed by atoms with Crippen LogP contribution in [0.1, 0.15) is 20.8 Å². The van der Waals surface area contributed by atoms with Gasteiger partial charge >= 0.3 is 0 Å². The smallest absolute Gasteiger partial charge is 0.219 e. The molecule has 0 fully saturated rings. The van der Waals surface area contributed by atoms with Gasteiger partial charge in [0.2, 0.25) is 5.96 Å². The predicted molar refractivity (Wildman–Crippen MR) is 53.2 cm³/mol. The molecule has 1 unspecified atom stereocenters. The lowest BCUT2D eigenvalue weighted by molar-refractivity contribution is 0.123. The van der Waals surface area contributed by atoms with E-state index in [2.05, 4.69) is 9.98 Å². The van der Waals surface area contributed by atoms with Gasteiger partial charge in [-0.2, -0.15) is 4.99 Å². The van der Waals surface area contributed by atoms with Gasteiger partial charge in [0.1, 0.15) is 0 Å². The molecule has 0 radical (unpaired) electrons. The molecule has 6 heteroatoms. The minimum absolute atomic E-state index is 0.0362.